The van der Waals surface area contributed by atoms with Crippen molar-refractivity contribution in [2.24, 2.45) is 0 Å². The molecule has 148 valence electrons. The maximum absolute atomic E-state index is 13.2. The minimum absolute atomic E-state index is 0.115. The second kappa shape index (κ2) is 8.66. The fourth-order valence-corrected chi connectivity index (χ4v) is 2.60. The van der Waals surface area contributed by atoms with Crippen molar-refractivity contribution in [1.29, 1.82) is 0 Å². The van der Waals surface area contributed by atoms with Gasteiger partial charge in [0, 0.05) is 22.8 Å². The van der Waals surface area contributed by atoms with Crippen LogP contribution in [0.5, 0.6) is 0 Å². The lowest BCUT2D eigenvalue weighted by Crippen LogP contribution is -2.42. The summed E-state index contributed by atoms with van der Waals surface area (Å²) in [6.45, 7) is 0.221. The monoisotopic (exact) mass is 417 g/mol. The topological polar surface area (TPSA) is 80.2 Å². The molecule has 3 aromatic rings. The number of hydrazine groups is 1. The first-order valence-electron chi connectivity index (χ1n) is 8.34. The summed E-state index contributed by atoms with van der Waals surface area (Å²) in [6, 6.07) is 12.0. The first-order valence-corrected chi connectivity index (χ1v) is 8.72. The van der Waals surface area contributed by atoms with E-state index in [0.717, 1.165) is 17.7 Å². The molecule has 0 aliphatic heterocycles. The molecule has 9 heteroatoms. The number of benzene rings is 2. The number of nitrogens with one attached hydrogen (secondary N) is 2. The van der Waals surface area contributed by atoms with Gasteiger partial charge < -0.3 is 4.57 Å². The maximum Gasteiger partial charge on any atom is 0.271 e. The molecule has 0 unspecified atom stereocenters. The average Bonchev–Trinajstić information content (AvgIpc) is 2.71. The fourth-order valence-electron chi connectivity index (χ4n) is 2.47. The van der Waals surface area contributed by atoms with E-state index in [1.54, 1.807) is 24.3 Å². The molecule has 0 bridgehead atoms. The molecule has 2 N–H and O–H groups in total. The zero-order valence-corrected chi connectivity index (χ0v) is 15.5. The normalized spacial score (nSPS) is 10.4. The standard InChI is InChI=1S/C20H14ClF2N3O3/c21-15-5-1-12(2-6-15)10-26-11-14(4-8-18(26)27)20(29)25-24-19(28)13-3-7-16(22)17(23)9-13/h1-9,11H,10H2,(H,24,28)(H,25,29). The van der Waals surface area contributed by atoms with E-state index in [4.69, 9.17) is 11.6 Å². The first-order chi connectivity index (χ1) is 13.8. The summed E-state index contributed by atoms with van der Waals surface area (Å²) in [5, 5.41) is 0.561. The van der Waals surface area contributed by atoms with Crippen LogP contribution in [0.1, 0.15) is 26.3 Å². The zero-order valence-electron chi connectivity index (χ0n) is 14.8. The lowest BCUT2D eigenvalue weighted by molar-refractivity contribution is 0.0846. The molecule has 29 heavy (non-hydrogen) atoms. The van der Waals surface area contributed by atoms with Crippen molar-refractivity contribution < 1.29 is 18.4 Å². The van der Waals surface area contributed by atoms with Gasteiger partial charge in [-0.05, 0) is 42.0 Å². The molecule has 0 aliphatic carbocycles. The number of rotatable bonds is 4. The molecule has 0 saturated carbocycles. The Balaban J connectivity index is 1.69. The molecule has 0 radical (unpaired) electrons. The van der Waals surface area contributed by atoms with Gasteiger partial charge in [-0.3, -0.25) is 25.2 Å². The van der Waals surface area contributed by atoms with E-state index in [9.17, 15) is 23.2 Å². The predicted octanol–water partition coefficient (Wildman–Crippen LogP) is 2.90. The van der Waals surface area contributed by atoms with Crippen LogP contribution in [0.3, 0.4) is 0 Å². The van der Waals surface area contributed by atoms with Gasteiger partial charge >= 0.3 is 0 Å². The van der Waals surface area contributed by atoms with Gasteiger partial charge in [0.25, 0.3) is 17.4 Å². The average molecular weight is 418 g/mol. The molecule has 0 atom stereocenters. The van der Waals surface area contributed by atoms with Gasteiger partial charge in [-0.1, -0.05) is 23.7 Å². The van der Waals surface area contributed by atoms with Crippen LogP contribution in [0.2, 0.25) is 5.02 Å². The Morgan fingerprint density at radius 3 is 2.14 bits per heavy atom. The highest BCUT2D eigenvalue weighted by molar-refractivity contribution is 6.30. The second-order valence-corrected chi connectivity index (χ2v) is 6.48. The molecule has 6 nitrogen and oxygen atoms in total. The Bertz CT molecular complexity index is 1130. The van der Waals surface area contributed by atoms with E-state index in [0.29, 0.717) is 11.1 Å². The molecule has 1 aromatic heterocycles. The number of nitrogens with zero attached hydrogens (tertiary/aromatic N) is 1. The Labute approximate surface area is 168 Å². The minimum atomic E-state index is -1.18. The summed E-state index contributed by atoms with van der Waals surface area (Å²) in [5.74, 6) is -3.79. The van der Waals surface area contributed by atoms with Crippen LogP contribution in [0, 0.1) is 11.6 Å². The molecule has 0 aliphatic rings. The van der Waals surface area contributed by atoms with Gasteiger partial charge in [-0.2, -0.15) is 0 Å². The molecule has 2 aromatic carbocycles. The van der Waals surface area contributed by atoms with Crippen LogP contribution in [0.25, 0.3) is 0 Å². The highest BCUT2D eigenvalue weighted by atomic mass is 35.5. The van der Waals surface area contributed by atoms with Gasteiger partial charge in [-0.25, -0.2) is 8.78 Å². The van der Waals surface area contributed by atoms with Gasteiger partial charge in [0.05, 0.1) is 12.1 Å². The number of carbonyl (C=O) groups is 2. The number of halogens is 3. The number of pyridine rings is 1. The Kier molecular flexibility index (Phi) is 6.04. The highest BCUT2D eigenvalue weighted by Gasteiger charge is 2.12. The van der Waals surface area contributed by atoms with Gasteiger partial charge in [0.1, 0.15) is 0 Å². The number of amides is 2. The Morgan fingerprint density at radius 2 is 1.48 bits per heavy atom. The zero-order chi connectivity index (χ0) is 21.0. The van der Waals surface area contributed by atoms with Crippen LogP contribution >= 0.6 is 11.6 Å². The fraction of sp³-hybridized carbons (Fsp3) is 0.0500. The van der Waals surface area contributed by atoms with Crippen LogP contribution < -0.4 is 16.4 Å². The predicted molar refractivity (Wildman–Crippen MR) is 103 cm³/mol. The maximum atomic E-state index is 13.2. The molecule has 1 heterocycles. The van der Waals surface area contributed by atoms with Crippen molar-refractivity contribution in [3.05, 3.63) is 104 Å². The molecular weight excluding hydrogens is 404 g/mol. The van der Waals surface area contributed by atoms with Gasteiger partial charge in [-0.15, -0.1) is 0 Å². The summed E-state index contributed by atoms with van der Waals surface area (Å²) in [6.07, 6.45) is 1.34. The summed E-state index contributed by atoms with van der Waals surface area (Å²) in [5.41, 5.74) is 4.70. The molecular formula is C20H14ClF2N3O3. The van der Waals surface area contributed by atoms with E-state index in [1.807, 2.05) is 0 Å². The van der Waals surface area contributed by atoms with Crippen molar-refractivity contribution >= 4 is 23.4 Å². The SMILES string of the molecule is O=C(NNC(=O)c1ccc(=O)n(Cc2ccc(Cl)cc2)c1)c1ccc(F)c(F)c1. The molecule has 2 amide bonds. The quantitative estimate of drug-likeness (QED) is 0.640. The van der Waals surface area contributed by atoms with E-state index in [2.05, 4.69) is 10.9 Å². The minimum Gasteiger partial charge on any atom is -0.310 e. The Hall–Kier alpha value is -3.52. The van der Waals surface area contributed by atoms with E-state index in [1.165, 1.54) is 22.9 Å². The first kappa shape index (κ1) is 20.2. The van der Waals surface area contributed by atoms with Gasteiger partial charge in [0.2, 0.25) is 0 Å². The number of hydrogen-bond acceptors (Lipinski definition) is 3. The summed E-state index contributed by atoms with van der Waals surface area (Å²) < 4.78 is 27.5. The number of carbonyl (C=O) groups excluding carboxylic acids is 2. The van der Waals surface area contributed by atoms with Crippen molar-refractivity contribution in [1.82, 2.24) is 15.4 Å². The third-order valence-corrected chi connectivity index (χ3v) is 4.24. The Morgan fingerprint density at radius 1 is 0.862 bits per heavy atom. The van der Waals surface area contributed by atoms with Crippen molar-refractivity contribution in [2.45, 2.75) is 6.54 Å². The lowest BCUT2D eigenvalue weighted by atomic mass is 10.2. The lowest BCUT2D eigenvalue weighted by Gasteiger charge is -2.10. The molecule has 0 saturated heterocycles. The summed E-state index contributed by atoms with van der Waals surface area (Å²) >= 11 is 5.84. The van der Waals surface area contributed by atoms with Crippen molar-refractivity contribution in [2.75, 3.05) is 0 Å². The summed E-state index contributed by atoms with van der Waals surface area (Å²) in [7, 11) is 0. The third kappa shape index (κ3) is 5.05. The third-order valence-electron chi connectivity index (χ3n) is 3.98. The molecule has 0 fully saturated rings. The summed E-state index contributed by atoms with van der Waals surface area (Å²) in [4.78, 5) is 36.3. The van der Waals surface area contributed by atoms with Crippen LogP contribution in [-0.4, -0.2) is 16.4 Å². The number of aromatic nitrogens is 1. The van der Waals surface area contributed by atoms with E-state index >= 15 is 0 Å². The molecule has 3 rings (SSSR count). The van der Waals surface area contributed by atoms with Crippen LogP contribution in [-0.2, 0) is 6.54 Å². The van der Waals surface area contributed by atoms with Crippen molar-refractivity contribution in [3.8, 4) is 0 Å². The van der Waals surface area contributed by atoms with E-state index < -0.39 is 23.4 Å². The van der Waals surface area contributed by atoms with Crippen molar-refractivity contribution in [3.63, 3.8) is 0 Å². The second-order valence-electron chi connectivity index (χ2n) is 6.05. The number of hydrogen-bond donors (Lipinski definition) is 2. The van der Waals surface area contributed by atoms with Crippen LogP contribution in [0.15, 0.2) is 65.6 Å². The largest absolute Gasteiger partial charge is 0.310 e. The molecule has 0 spiro atoms. The van der Waals surface area contributed by atoms with Gasteiger partial charge in [0.15, 0.2) is 11.6 Å². The van der Waals surface area contributed by atoms with E-state index in [-0.39, 0.29) is 23.2 Å². The smallest absolute Gasteiger partial charge is 0.271 e. The highest BCUT2D eigenvalue weighted by Crippen LogP contribution is 2.11. The van der Waals surface area contributed by atoms with Crippen LogP contribution in [0.4, 0.5) is 8.78 Å².